The number of nitrogens with two attached hydrogens (primary N) is 1. The molecule has 1 heterocycles. The third kappa shape index (κ3) is 2.31. The van der Waals surface area contributed by atoms with Gasteiger partial charge in [0.05, 0.1) is 11.3 Å². The summed E-state index contributed by atoms with van der Waals surface area (Å²) >= 11 is 1.46. The summed E-state index contributed by atoms with van der Waals surface area (Å²) in [5.74, 6) is -1.12. The van der Waals surface area contributed by atoms with Crippen molar-refractivity contribution in [2.75, 3.05) is 11.1 Å². The van der Waals surface area contributed by atoms with Gasteiger partial charge in [-0.2, -0.15) is 0 Å². The fraction of sp³-hybridized carbons (Fsp3) is 0.231. The van der Waals surface area contributed by atoms with Crippen LogP contribution >= 0.6 is 11.3 Å². The molecule has 1 aliphatic carbocycles. The number of nitrogen functional groups attached to an aromatic ring is 1. The van der Waals surface area contributed by atoms with Gasteiger partial charge in [0.2, 0.25) is 0 Å². The van der Waals surface area contributed by atoms with Gasteiger partial charge in [-0.05, 0) is 37.5 Å². The van der Waals surface area contributed by atoms with E-state index >= 15 is 0 Å². The highest BCUT2D eigenvalue weighted by atomic mass is 32.1. The molecule has 0 saturated heterocycles. The van der Waals surface area contributed by atoms with Gasteiger partial charge >= 0.3 is 0 Å². The highest BCUT2D eigenvalue weighted by Crippen LogP contribution is 2.30. The van der Waals surface area contributed by atoms with Crippen molar-refractivity contribution in [2.24, 2.45) is 0 Å². The number of nitrogens with zero attached hydrogens (tertiary/aromatic N) is 1. The molecule has 1 aromatic carbocycles. The van der Waals surface area contributed by atoms with Crippen LogP contribution in [0.15, 0.2) is 18.2 Å². The first kappa shape index (κ1) is 12.1. The van der Waals surface area contributed by atoms with Crippen LogP contribution in [0.5, 0.6) is 0 Å². The summed E-state index contributed by atoms with van der Waals surface area (Å²) in [6.45, 7) is 0. The van der Waals surface area contributed by atoms with Crippen molar-refractivity contribution in [2.45, 2.75) is 19.3 Å². The van der Waals surface area contributed by atoms with Gasteiger partial charge in [0, 0.05) is 10.6 Å². The highest BCUT2D eigenvalue weighted by Gasteiger charge is 2.19. The fourth-order valence-electron chi connectivity index (χ4n) is 2.12. The minimum atomic E-state index is -0.624. The number of carbonyl (C=O) groups excluding carboxylic acids is 1. The number of thiazole rings is 1. The second-order valence-corrected chi connectivity index (χ2v) is 5.52. The van der Waals surface area contributed by atoms with Crippen LogP contribution in [0.3, 0.4) is 0 Å². The Morgan fingerprint density at radius 1 is 1.42 bits per heavy atom. The zero-order valence-corrected chi connectivity index (χ0v) is 10.9. The van der Waals surface area contributed by atoms with Crippen LogP contribution in [-0.2, 0) is 12.8 Å². The number of amides is 1. The van der Waals surface area contributed by atoms with Gasteiger partial charge in [0.25, 0.3) is 5.91 Å². The van der Waals surface area contributed by atoms with Crippen LogP contribution in [-0.4, -0.2) is 10.9 Å². The molecule has 0 spiro atoms. The van der Waals surface area contributed by atoms with Crippen LogP contribution in [0.25, 0.3) is 0 Å². The lowest BCUT2D eigenvalue weighted by Gasteiger charge is -2.04. The Morgan fingerprint density at radius 3 is 3.00 bits per heavy atom. The topological polar surface area (TPSA) is 68.0 Å². The van der Waals surface area contributed by atoms with Crippen molar-refractivity contribution in [3.05, 3.63) is 40.2 Å². The molecule has 19 heavy (non-hydrogen) atoms. The molecule has 1 amide bonds. The van der Waals surface area contributed by atoms with E-state index in [1.54, 1.807) is 0 Å². The standard InChI is InChI=1S/C13H12FN3OS/c14-9-6-7(15)4-5-8(9)12(18)17-13-16-10-2-1-3-11(10)19-13/h4-6H,1-3,15H2,(H,16,17,18). The Hall–Kier alpha value is -1.95. The van der Waals surface area contributed by atoms with Crippen LogP contribution in [0.2, 0.25) is 0 Å². The molecule has 0 radical (unpaired) electrons. The Labute approximate surface area is 113 Å². The maximum Gasteiger partial charge on any atom is 0.260 e. The summed E-state index contributed by atoms with van der Waals surface area (Å²) in [7, 11) is 0. The Morgan fingerprint density at radius 2 is 2.26 bits per heavy atom. The number of hydrogen-bond acceptors (Lipinski definition) is 4. The maximum absolute atomic E-state index is 13.6. The van der Waals surface area contributed by atoms with Crippen LogP contribution < -0.4 is 11.1 Å². The largest absolute Gasteiger partial charge is 0.399 e. The number of benzene rings is 1. The van der Waals surface area contributed by atoms with E-state index < -0.39 is 11.7 Å². The van der Waals surface area contributed by atoms with E-state index in [-0.39, 0.29) is 5.56 Å². The van der Waals surface area contributed by atoms with E-state index in [4.69, 9.17) is 5.73 Å². The van der Waals surface area contributed by atoms with Crippen molar-refractivity contribution in [1.29, 1.82) is 0 Å². The number of halogens is 1. The van der Waals surface area contributed by atoms with Crippen molar-refractivity contribution in [3.63, 3.8) is 0 Å². The number of aryl methyl sites for hydroxylation is 2. The first-order chi connectivity index (χ1) is 9.13. The summed E-state index contributed by atoms with van der Waals surface area (Å²) in [6.07, 6.45) is 3.09. The molecule has 1 aromatic heterocycles. The zero-order valence-electron chi connectivity index (χ0n) is 10.1. The molecule has 3 N–H and O–H groups in total. The molecule has 4 nitrogen and oxygen atoms in total. The van der Waals surface area contributed by atoms with Crippen LogP contribution in [0.1, 0.15) is 27.3 Å². The molecule has 0 aliphatic heterocycles. The number of anilines is 2. The SMILES string of the molecule is Nc1ccc(C(=O)Nc2nc3c(s2)CCC3)c(F)c1. The zero-order chi connectivity index (χ0) is 13.4. The van der Waals surface area contributed by atoms with Gasteiger partial charge in [-0.25, -0.2) is 9.37 Å². The lowest BCUT2D eigenvalue weighted by atomic mass is 10.2. The van der Waals surface area contributed by atoms with E-state index in [9.17, 15) is 9.18 Å². The molecule has 0 bridgehead atoms. The number of carbonyl (C=O) groups is 1. The van der Waals surface area contributed by atoms with Crippen molar-refractivity contribution >= 4 is 28.1 Å². The predicted molar refractivity (Wildman–Crippen MR) is 72.9 cm³/mol. The van der Waals surface area contributed by atoms with Gasteiger partial charge in [0.1, 0.15) is 5.82 Å². The third-order valence-corrected chi connectivity index (χ3v) is 4.13. The highest BCUT2D eigenvalue weighted by molar-refractivity contribution is 7.15. The summed E-state index contributed by atoms with van der Waals surface area (Å²) in [6, 6.07) is 4.01. The lowest BCUT2D eigenvalue weighted by molar-refractivity contribution is 0.102. The molecular formula is C13H12FN3OS. The van der Waals surface area contributed by atoms with Crippen molar-refractivity contribution in [1.82, 2.24) is 4.98 Å². The smallest absolute Gasteiger partial charge is 0.260 e. The molecule has 0 atom stereocenters. The van der Waals surface area contributed by atoms with Crippen molar-refractivity contribution in [3.8, 4) is 0 Å². The predicted octanol–water partition coefficient (Wildman–Crippen LogP) is 2.61. The summed E-state index contributed by atoms with van der Waals surface area (Å²) in [4.78, 5) is 17.5. The van der Waals surface area contributed by atoms with Gasteiger partial charge in [-0.1, -0.05) is 0 Å². The number of nitrogens with one attached hydrogen (secondary N) is 1. The molecular weight excluding hydrogens is 265 g/mol. The third-order valence-electron chi connectivity index (χ3n) is 3.05. The van der Waals surface area contributed by atoms with Gasteiger partial charge < -0.3 is 5.73 Å². The lowest BCUT2D eigenvalue weighted by Crippen LogP contribution is -2.13. The number of hydrogen-bond donors (Lipinski definition) is 2. The molecule has 0 saturated carbocycles. The summed E-state index contributed by atoms with van der Waals surface area (Å²) < 4.78 is 13.6. The van der Waals surface area contributed by atoms with Gasteiger partial charge in [-0.3, -0.25) is 10.1 Å². The monoisotopic (exact) mass is 277 g/mol. The second kappa shape index (κ2) is 4.62. The maximum atomic E-state index is 13.6. The van der Waals surface area contributed by atoms with Gasteiger partial charge in [-0.15, -0.1) is 11.3 Å². The fourth-order valence-corrected chi connectivity index (χ4v) is 3.17. The van der Waals surface area contributed by atoms with E-state index in [0.29, 0.717) is 10.8 Å². The quantitative estimate of drug-likeness (QED) is 0.829. The Kier molecular flexibility index (Phi) is 2.94. The molecule has 0 fully saturated rings. The molecule has 2 aromatic rings. The summed E-state index contributed by atoms with van der Waals surface area (Å²) in [5.41, 5.74) is 6.77. The molecule has 0 unspecified atom stereocenters. The van der Waals surface area contributed by atoms with E-state index in [1.807, 2.05) is 0 Å². The minimum absolute atomic E-state index is 0.0236. The molecule has 6 heteroatoms. The average molecular weight is 277 g/mol. The normalized spacial score (nSPS) is 13.3. The average Bonchev–Trinajstić information content (AvgIpc) is 2.89. The van der Waals surface area contributed by atoms with Crippen LogP contribution in [0, 0.1) is 5.82 Å². The molecule has 98 valence electrons. The van der Waals surface area contributed by atoms with E-state index in [2.05, 4.69) is 10.3 Å². The van der Waals surface area contributed by atoms with Crippen LogP contribution in [0.4, 0.5) is 15.2 Å². The summed E-state index contributed by atoms with van der Waals surface area (Å²) in [5, 5.41) is 3.17. The minimum Gasteiger partial charge on any atom is -0.399 e. The van der Waals surface area contributed by atoms with Crippen molar-refractivity contribution < 1.29 is 9.18 Å². The number of fused-ring (bicyclic) bond motifs is 1. The first-order valence-corrected chi connectivity index (χ1v) is 6.80. The van der Waals surface area contributed by atoms with E-state index in [0.717, 1.165) is 31.0 Å². The number of aromatic nitrogens is 1. The Bertz CT molecular complexity index is 632. The second-order valence-electron chi connectivity index (χ2n) is 4.44. The molecule has 1 aliphatic rings. The van der Waals surface area contributed by atoms with Gasteiger partial charge in [0.15, 0.2) is 5.13 Å². The number of rotatable bonds is 2. The van der Waals surface area contributed by atoms with E-state index in [1.165, 1.54) is 28.3 Å². The molecule has 3 rings (SSSR count). The first-order valence-electron chi connectivity index (χ1n) is 5.98. The Balaban J connectivity index is 1.80.